The van der Waals surface area contributed by atoms with E-state index in [2.05, 4.69) is 63.2 Å². The summed E-state index contributed by atoms with van der Waals surface area (Å²) < 4.78 is 0. The molecule has 2 aromatic carbocycles. The number of hydrogen-bond donors (Lipinski definition) is 0. The summed E-state index contributed by atoms with van der Waals surface area (Å²) in [4.78, 5) is 0. The van der Waals surface area contributed by atoms with Crippen molar-refractivity contribution in [3.63, 3.8) is 0 Å². The van der Waals surface area contributed by atoms with Crippen LogP contribution in [0.15, 0.2) is 48.5 Å². The predicted octanol–water partition coefficient (Wildman–Crippen LogP) is 4.38. The lowest BCUT2D eigenvalue weighted by Crippen LogP contribution is -2.10. The minimum absolute atomic E-state index is 0.236. The summed E-state index contributed by atoms with van der Waals surface area (Å²) in [6, 6.07) is 20.2. The van der Waals surface area contributed by atoms with Crippen molar-refractivity contribution >= 4 is 0 Å². The number of hydrogen-bond acceptors (Lipinski definition) is 0. The van der Waals surface area contributed by atoms with Gasteiger partial charge in [-0.25, -0.2) is 0 Å². The second kappa shape index (κ2) is 4.75. The van der Waals surface area contributed by atoms with E-state index in [1.54, 1.807) is 0 Å². The van der Waals surface area contributed by atoms with Crippen LogP contribution in [0.2, 0.25) is 0 Å². The van der Waals surface area contributed by atoms with Crippen LogP contribution in [0.25, 0.3) is 0 Å². The maximum absolute atomic E-state index is 3.05. The van der Waals surface area contributed by atoms with E-state index in [-0.39, 0.29) is 5.41 Å². The highest BCUT2D eigenvalue weighted by Crippen LogP contribution is 2.22. The second-order valence-corrected chi connectivity index (χ2v) is 5.53. The van der Waals surface area contributed by atoms with Crippen LogP contribution in [0.1, 0.15) is 37.5 Å². The summed E-state index contributed by atoms with van der Waals surface area (Å²) in [7, 11) is 0. The van der Waals surface area contributed by atoms with Gasteiger partial charge in [0, 0.05) is 0 Å². The molecule has 0 spiro atoms. The Bertz CT molecular complexity index is 458. The Hall–Kier alpha value is -1.56. The maximum Gasteiger partial charge on any atom is -0.00258 e. The zero-order chi connectivity index (χ0) is 12.3. The van der Waals surface area contributed by atoms with Gasteiger partial charge >= 0.3 is 0 Å². The molecule has 0 fully saturated rings. The zero-order valence-corrected chi connectivity index (χ0v) is 10.8. The molecule has 2 aromatic rings. The van der Waals surface area contributed by atoms with E-state index in [1.807, 2.05) is 12.1 Å². The van der Waals surface area contributed by atoms with Crippen molar-refractivity contribution in [2.45, 2.75) is 32.6 Å². The molecule has 0 unspecified atom stereocenters. The molecule has 0 aliphatic heterocycles. The van der Waals surface area contributed by atoms with Crippen LogP contribution in [0.4, 0.5) is 0 Å². The van der Waals surface area contributed by atoms with E-state index in [0.717, 1.165) is 6.42 Å². The molecule has 0 saturated carbocycles. The summed E-state index contributed by atoms with van der Waals surface area (Å²) in [6.07, 6.45) is 0.999. The summed E-state index contributed by atoms with van der Waals surface area (Å²) in [6.45, 7) is 6.74. The summed E-state index contributed by atoms with van der Waals surface area (Å²) in [5.41, 5.74) is 4.33. The number of rotatable bonds is 2. The molecule has 0 atom stereocenters. The second-order valence-electron chi connectivity index (χ2n) is 5.53. The molecule has 0 heteroatoms. The lowest BCUT2D eigenvalue weighted by molar-refractivity contribution is 0.590. The van der Waals surface area contributed by atoms with Gasteiger partial charge in [0.1, 0.15) is 0 Å². The van der Waals surface area contributed by atoms with Crippen LogP contribution in [-0.4, -0.2) is 0 Å². The number of benzene rings is 2. The summed E-state index contributed by atoms with van der Waals surface area (Å²) in [5.74, 6) is 0. The lowest BCUT2D eigenvalue weighted by Gasteiger charge is -2.19. The van der Waals surface area contributed by atoms with Crippen molar-refractivity contribution in [2.75, 3.05) is 0 Å². The Kier molecular flexibility index (Phi) is 3.33. The third kappa shape index (κ3) is 3.20. The van der Waals surface area contributed by atoms with Crippen LogP contribution < -0.4 is 0 Å². The van der Waals surface area contributed by atoms with Gasteiger partial charge in [-0.3, -0.25) is 0 Å². The topological polar surface area (TPSA) is 0 Å². The predicted molar refractivity (Wildman–Crippen MR) is 73.2 cm³/mol. The Morgan fingerprint density at radius 1 is 0.824 bits per heavy atom. The van der Waals surface area contributed by atoms with Gasteiger partial charge in [-0.1, -0.05) is 69.3 Å². The van der Waals surface area contributed by atoms with Gasteiger partial charge in [0.05, 0.1) is 0 Å². The SMILES string of the molecule is CC(C)(C)c1ccc(Cc2cc[c]cc2)cc1. The highest BCUT2D eigenvalue weighted by molar-refractivity contribution is 5.31. The molecule has 0 saturated heterocycles. The minimum atomic E-state index is 0.236. The van der Waals surface area contributed by atoms with Gasteiger partial charge in [-0.15, -0.1) is 0 Å². The summed E-state index contributed by atoms with van der Waals surface area (Å²) in [5, 5.41) is 0. The van der Waals surface area contributed by atoms with Gasteiger partial charge in [-0.2, -0.15) is 0 Å². The molecular weight excluding hydrogens is 204 g/mol. The van der Waals surface area contributed by atoms with Gasteiger partial charge in [0.2, 0.25) is 0 Å². The van der Waals surface area contributed by atoms with Crippen molar-refractivity contribution in [1.82, 2.24) is 0 Å². The van der Waals surface area contributed by atoms with Crippen LogP contribution in [0, 0.1) is 6.07 Å². The molecule has 2 rings (SSSR count). The molecular formula is C17H19. The minimum Gasteiger partial charge on any atom is -0.0584 e. The largest absolute Gasteiger partial charge is 0.0584 e. The van der Waals surface area contributed by atoms with Crippen molar-refractivity contribution < 1.29 is 0 Å². The molecule has 0 heterocycles. The molecule has 0 aliphatic rings. The summed E-state index contributed by atoms with van der Waals surface area (Å²) >= 11 is 0. The van der Waals surface area contributed by atoms with E-state index in [1.165, 1.54) is 16.7 Å². The van der Waals surface area contributed by atoms with Gasteiger partial charge in [-0.05, 0) is 34.6 Å². The standard InChI is InChI=1S/C17H19/c1-17(2,3)16-11-9-15(10-12-16)13-14-7-5-4-6-8-14/h5-12H,13H2,1-3H3. The molecule has 0 bridgehead atoms. The molecule has 0 amide bonds. The highest BCUT2D eigenvalue weighted by Gasteiger charge is 2.12. The molecule has 0 nitrogen and oxygen atoms in total. The first-order valence-corrected chi connectivity index (χ1v) is 6.10. The van der Waals surface area contributed by atoms with Crippen molar-refractivity contribution in [1.29, 1.82) is 0 Å². The van der Waals surface area contributed by atoms with Crippen LogP contribution in [-0.2, 0) is 11.8 Å². The van der Waals surface area contributed by atoms with Crippen LogP contribution in [0.3, 0.4) is 0 Å². The molecule has 87 valence electrons. The maximum atomic E-state index is 3.05. The van der Waals surface area contributed by atoms with Crippen LogP contribution in [0.5, 0.6) is 0 Å². The Labute approximate surface area is 104 Å². The Morgan fingerprint density at radius 2 is 1.35 bits per heavy atom. The van der Waals surface area contributed by atoms with Gasteiger partial charge in [0.25, 0.3) is 0 Å². The average Bonchev–Trinajstić information content (AvgIpc) is 2.30. The monoisotopic (exact) mass is 223 g/mol. The van der Waals surface area contributed by atoms with E-state index < -0.39 is 0 Å². The fraction of sp³-hybridized carbons (Fsp3) is 0.294. The average molecular weight is 223 g/mol. The van der Waals surface area contributed by atoms with Gasteiger partial charge in [0.15, 0.2) is 0 Å². The quantitative estimate of drug-likeness (QED) is 0.709. The molecule has 0 aliphatic carbocycles. The van der Waals surface area contributed by atoms with Crippen molar-refractivity contribution in [3.05, 3.63) is 71.3 Å². The van der Waals surface area contributed by atoms with Gasteiger partial charge < -0.3 is 0 Å². The molecule has 0 N–H and O–H groups in total. The Morgan fingerprint density at radius 3 is 1.88 bits per heavy atom. The van der Waals surface area contributed by atoms with Crippen LogP contribution >= 0.6 is 0 Å². The molecule has 1 radical (unpaired) electrons. The molecule has 0 aromatic heterocycles. The van der Waals surface area contributed by atoms with Crippen molar-refractivity contribution in [2.24, 2.45) is 0 Å². The van der Waals surface area contributed by atoms with E-state index >= 15 is 0 Å². The Balaban J connectivity index is 2.14. The molecule has 17 heavy (non-hydrogen) atoms. The third-order valence-electron chi connectivity index (χ3n) is 3.02. The highest BCUT2D eigenvalue weighted by atomic mass is 14.2. The van der Waals surface area contributed by atoms with E-state index in [9.17, 15) is 0 Å². The van der Waals surface area contributed by atoms with E-state index in [4.69, 9.17) is 0 Å². The lowest BCUT2D eigenvalue weighted by atomic mass is 9.86. The van der Waals surface area contributed by atoms with E-state index in [0.29, 0.717) is 0 Å². The zero-order valence-electron chi connectivity index (χ0n) is 10.8. The third-order valence-corrected chi connectivity index (χ3v) is 3.02. The fourth-order valence-electron chi connectivity index (χ4n) is 1.90. The smallest absolute Gasteiger partial charge is 0.00258 e. The van der Waals surface area contributed by atoms with Crippen molar-refractivity contribution in [3.8, 4) is 0 Å². The first-order chi connectivity index (χ1) is 8.05. The first-order valence-electron chi connectivity index (χ1n) is 6.10. The fourth-order valence-corrected chi connectivity index (χ4v) is 1.90. The normalized spacial score (nSPS) is 11.5. The first kappa shape index (κ1) is 11.9.